The number of imidazole rings is 1. The zero-order chi connectivity index (χ0) is 20.6. The number of carbonyl (C=O) groups excluding carboxylic acids is 1. The molecular weight excluding hydrogens is 375 g/mol. The van der Waals surface area contributed by atoms with Crippen LogP contribution in [0.25, 0.3) is 11.3 Å². The van der Waals surface area contributed by atoms with Crippen molar-refractivity contribution in [3.05, 3.63) is 66.1 Å². The van der Waals surface area contributed by atoms with Gasteiger partial charge in [0.25, 0.3) is 0 Å². The fourth-order valence-electron chi connectivity index (χ4n) is 2.83. The van der Waals surface area contributed by atoms with E-state index in [2.05, 4.69) is 15.6 Å². The van der Waals surface area contributed by atoms with Gasteiger partial charge in [-0.2, -0.15) is 0 Å². The molecule has 152 valence electrons. The first-order chi connectivity index (χ1) is 14.1. The Kier molecular flexibility index (Phi) is 6.80. The number of anilines is 1. The van der Waals surface area contributed by atoms with Gasteiger partial charge in [0.1, 0.15) is 11.6 Å². The highest BCUT2D eigenvalue weighted by Gasteiger charge is 2.14. The average Bonchev–Trinajstić information content (AvgIpc) is 3.14. The molecule has 2 N–H and O–H groups in total. The average molecular weight is 398 g/mol. The van der Waals surface area contributed by atoms with E-state index in [0.29, 0.717) is 19.1 Å². The molecule has 1 aromatic heterocycles. The summed E-state index contributed by atoms with van der Waals surface area (Å²) in [6.45, 7) is 1.24. The maximum absolute atomic E-state index is 13.0. The number of carbonyl (C=O) groups is 1. The summed E-state index contributed by atoms with van der Waals surface area (Å²) in [4.78, 5) is 16.7. The van der Waals surface area contributed by atoms with Crippen LogP contribution < -0.4 is 15.4 Å². The summed E-state index contributed by atoms with van der Waals surface area (Å²) in [5.74, 6) is 0.813. The van der Waals surface area contributed by atoms with E-state index in [1.807, 2.05) is 28.8 Å². The summed E-state index contributed by atoms with van der Waals surface area (Å²) >= 11 is 0. The molecule has 0 aliphatic rings. The molecule has 2 amide bonds. The van der Waals surface area contributed by atoms with Gasteiger partial charge in [-0.05, 0) is 29.8 Å². The van der Waals surface area contributed by atoms with Crippen LogP contribution in [0.4, 0.5) is 15.1 Å². The van der Waals surface area contributed by atoms with E-state index in [0.717, 1.165) is 22.6 Å². The molecule has 2 aromatic carbocycles. The summed E-state index contributed by atoms with van der Waals surface area (Å²) < 4.78 is 25.3. The number of nitrogens with one attached hydrogen (secondary N) is 2. The molecule has 0 spiro atoms. The van der Waals surface area contributed by atoms with Crippen LogP contribution >= 0.6 is 0 Å². The molecule has 0 saturated carbocycles. The third-order valence-electron chi connectivity index (χ3n) is 4.33. The number of aromatic nitrogens is 2. The Labute approximate surface area is 168 Å². The largest absolute Gasteiger partial charge is 0.497 e. The van der Waals surface area contributed by atoms with Crippen molar-refractivity contribution in [3.63, 3.8) is 0 Å². The van der Waals surface area contributed by atoms with Crippen molar-refractivity contribution in [2.75, 3.05) is 26.1 Å². The van der Waals surface area contributed by atoms with Crippen LogP contribution in [-0.4, -0.2) is 36.4 Å². The standard InChI is InChI=1S/C21H23FN4O3/c1-28-11-10-26-19(16-4-3-5-18(12-16)29-2)14-23-20(26)25-21(27)24-13-15-6-8-17(22)9-7-15/h3-9,12,14H,10-11,13H2,1-2H3,(H2,23,24,25,27). The number of nitrogens with zero attached hydrogens (tertiary/aromatic N) is 2. The van der Waals surface area contributed by atoms with Crippen LogP contribution in [0.15, 0.2) is 54.7 Å². The molecule has 0 radical (unpaired) electrons. The first-order valence-corrected chi connectivity index (χ1v) is 9.09. The lowest BCUT2D eigenvalue weighted by molar-refractivity contribution is 0.188. The van der Waals surface area contributed by atoms with E-state index < -0.39 is 6.03 Å². The van der Waals surface area contributed by atoms with Gasteiger partial charge in [0.2, 0.25) is 5.95 Å². The fourth-order valence-corrected chi connectivity index (χ4v) is 2.83. The van der Waals surface area contributed by atoms with Gasteiger partial charge >= 0.3 is 6.03 Å². The molecule has 0 fully saturated rings. The Morgan fingerprint density at radius 3 is 2.69 bits per heavy atom. The first kappa shape index (κ1) is 20.3. The monoisotopic (exact) mass is 398 g/mol. The topological polar surface area (TPSA) is 77.4 Å². The Morgan fingerprint density at radius 1 is 1.17 bits per heavy atom. The molecule has 8 heteroatoms. The molecule has 0 aliphatic heterocycles. The lowest BCUT2D eigenvalue weighted by atomic mass is 10.1. The van der Waals surface area contributed by atoms with E-state index in [1.165, 1.54) is 12.1 Å². The van der Waals surface area contributed by atoms with Crippen molar-refractivity contribution < 1.29 is 18.7 Å². The van der Waals surface area contributed by atoms with Crippen LogP contribution in [0, 0.1) is 5.82 Å². The zero-order valence-electron chi connectivity index (χ0n) is 16.3. The van der Waals surface area contributed by atoms with E-state index >= 15 is 0 Å². The number of benzene rings is 2. The van der Waals surface area contributed by atoms with E-state index in [9.17, 15) is 9.18 Å². The maximum atomic E-state index is 13.0. The highest BCUT2D eigenvalue weighted by molar-refractivity contribution is 5.88. The normalized spacial score (nSPS) is 10.6. The van der Waals surface area contributed by atoms with Crippen molar-refractivity contribution in [3.8, 4) is 17.0 Å². The number of rotatable bonds is 8. The van der Waals surface area contributed by atoms with Gasteiger partial charge in [-0.25, -0.2) is 14.2 Å². The third kappa shape index (κ3) is 5.32. The molecule has 0 saturated heterocycles. The number of ether oxygens (including phenoxy) is 2. The zero-order valence-corrected chi connectivity index (χ0v) is 16.3. The second-order valence-electron chi connectivity index (χ2n) is 6.28. The quantitative estimate of drug-likeness (QED) is 0.607. The molecule has 3 aromatic rings. The van der Waals surface area contributed by atoms with Crippen LogP contribution in [-0.2, 0) is 17.8 Å². The van der Waals surface area contributed by atoms with Gasteiger partial charge in [0.05, 0.1) is 25.6 Å². The Morgan fingerprint density at radius 2 is 1.97 bits per heavy atom. The molecule has 3 rings (SSSR count). The second-order valence-corrected chi connectivity index (χ2v) is 6.28. The van der Waals surface area contributed by atoms with Crippen LogP contribution in [0.2, 0.25) is 0 Å². The molecule has 29 heavy (non-hydrogen) atoms. The van der Waals surface area contributed by atoms with E-state index in [-0.39, 0.29) is 12.4 Å². The van der Waals surface area contributed by atoms with Crippen LogP contribution in [0.5, 0.6) is 5.75 Å². The minimum atomic E-state index is -0.407. The number of urea groups is 1. The Balaban J connectivity index is 1.74. The Hall–Kier alpha value is -3.39. The smallest absolute Gasteiger partial charge is 0.321 e. The van der Waals surface area contributed by atoms with Gasteiger partial charge in [-0.1, -0.05) is 24.3 Å². The number of amides is 2. The van der Waals surface area contributed by atoms with Crippen LogP contribution in [0.1, 0.15) is 5.56 Å². The molecular formula is C21H23FN4O3. The van der Waals surface area contributed by atoms with E-state index in [1.54, 1.807) is 32.5 Å². The van der Waals surface area contributed by atoms with Gasteiger partial charge < -0.3 is 19.4 Å². The molecule has 1 heterocycles. The summed E-state index contributed by atoms with van der Waals surface area (Å²) in [5, 5.41) is 5.50. The van der Waals surface area contributed by atoms with Crippen molar-refractivity contribution in [2.24, 2.45) is 0 Å². The molecule has 7 nitrogen and oxygen atoms in total. The number of hydrogen-bond acceptors (Lipinski definition) is 4. The summed E-state index contributed by atoms with van der Waals surface area (Å²) in [6.07, 6.45) is 1.69. The molecule has 0 unspecified atom stereocenters. The lowest BCUT2D eigenvalue weighted by Crippen LogP contribution is -2.29. The molecule has 0 atom stereocenters. The summed E-state index contributed by atoms with van der Waals surface area (Å²) in [6, 6.07) is 13.1. The second kappa shape index (κ2) is 9.70. The number of methoxy groups -OCH3 is 2. The summed E-state index contributed by atoms with van der Waals surface area (Å²) in [5.41, 5.74) is 2.53. The minimum Gasteiger partial charge on any atom is -0.497 e. The predicted octanol–water partition coefficient (Wildman–Crippen LogP) is 3.67. The Bertz CT molecular complexity index is 957. The van der Waals surface area contributed by atoms with Gasteiger partial charge in [0, 0.05) is 25.8 Å². The maximum Gasteiger partial charge on any atom is 0.321 e. The van der Waals surface area contributed by atoms with Gasteiger partial charge in [0.15, 0.2) is 0 Å². The highest BCUT2D eigenvalue weighted by Crippen LogP contribution is 2.26. The number of hydrogen-bond donors (Lipinski definition) is 2. The number of halogens is 1. The van der Waals surface area contributed by atoms with Crippen molar-refractivity contribution in [1.29, 1.82) is 0 Å². The van der Waals surface area contributed by atoms with Gasteiger partial charge in [-0.15, -0.1) is 0 Å². The minimum absolute atomic E-state index is 0.271. The van der Waals surface area contributed by atoms with Crippen LogP contribution in [0.3, 0.4) is 0 Å². The third-order valence-corrected chi connectivity index (χ3v) is 4.33. The molecule has 0 aliphatic carbocycles. The fraction of sp³-hybridized carbons (Fsp3) is 0.238. The van der Waals surface area contributed by atoms with Crippen molar-refractivity contribution >= 4 is 12.0 Å². The van der Waals surface area contributed by atoms with E-state index in [4.69, 9.17) is 9.47 Å². The van der Waals surface area contributed by atoms with Crippen molar-refractivity contribution in [1.82, 2.24) is 14.9 Å². The first-order valence-electron chi connectivity index (χ1n) is 9.09. The SMILES string of the molecule is COCCn1c(-c2cccc(OC)c2)cnc1NC(=O)NCc1ccc(F)cc1. The van der Waals surface area contributed by atoms with Crippen molar-refractivity contribution in [2.45, 2.75) is 13.1 Å². The van der Waals surface area contributed by atoms with Gasteiger partial charge in [-0.3, -0.25) is 5.32 Å². The lowest BCUT2D eigenvalue weighted by Gasteiger charge is -2.13. The molecule has 0 bridgehead atoms. The highest BCUT2D eigenvalue weighted by atomic mass is 19.1. The predicted molar refractivity (Wildman–Crippen MR) is 108 cm³/mol. The summed E-state index contributed by atoms with van der Waals surface area (Å²) in [7, 11) is 3.23.